The van der Waals surface area contributed by atoms with E-state index in [2.05, 4.69) is 17.4 Å². The fourth-order valence-electron chi connectivity index (χ4n) is 5.35. The Morgan fingerprint density at radius 3 is 2.06 bits per heavy atom. The van der Waals surface area contributed by atoms with Crippen LogP contribution in [-0.4, -0.2) is 53.2 Å². The molecule has 0 saturated heterocycles. The zero-order chi connectivity index (χ0) is 24.5. The van der Waals surface area contributed by atoms with E-state index in [1.165, 1.54) is 11.9 Å². The highest BCUT2D eigenvalue weighted by atomic mass is 16.5. The van der Waals surface area contributed by atoms with Gasteiger partial charge in [-0.1, -0.05) is 75.2 Å². The Morgan fingerprint density at radius 2 is 1.56 bits per heavy atom. The Labute approximate surface area is 200 Å². The maximum Gasteiger partial charge on any atom is 0.407 e. The van der Waals surface area contributed by atoms with Gasteiger partial charge in [0.05, 0.1) is 0 Å². The zero-order valence-electron chi connectivity index (χ0n) is 19.9. The van der Waals surface area contributed by atoms with E-state index < -0.39 is 29.6 Å². The Bertz CT molecular complexity index is 1040. The molecular weight excluding hydrogens is 432 g/mol. The van der Waals surface area contributed by atoms with Crippen molar-refractivity contribution in [1.29, 1.82) is 0 Å². The van der Waals surface area contributed by atoms with Crippen LogP contribution >= 0.6 is 0 Å². The molecule has 1 atom stereocenters. The molecule has 2 aromatic rings. The first-order valence-electron chi connectivity index (χ1n) is 11.9. The minimum atomic E-state index is -1.22. The van der Waals surface area contributed by atoms with E-state index in [0.29, 0.717) is 12.8 Å². The summed E-state index contributed by atoms with van der Waals surface area (Å²) in [5.74, 6) is -1.72. The molecule has 2 aromatic carbocycles. The van der Waals surface area contributed by atoms with Crippen LogP contribution in [0, 0.1) is 5.92 Å². The fraction of sp³-hybridized carbons (Fsp3) is 0.444. The number of nitrogens with zero attached hydrogens (tertiary/aromatic N) is 1. The van der Waals surface area contributed by atoms with Crippen LogP contribution in [0.1, 0.15) is 56.6 Å². The number of carbonyl (C=O) groups is 3. The monoisotopic (exact) mass is 464 g/mol. The van der Waals surface area contributed by atoms with Gasteiger partial charge in [-0.3, -0.25) is 4.79 Å². The lowest BCUT2D eigenvalue weighted by atomic mass is 9.93. The number of amides is 2. The number of benzene rings is 2. The molecule has 1 saturated carbocycles. The molecule has 34 heavy (non-hydrogen) atoms. The van der Waals surface area contributed by atoms with Crippen molar-refractivity contribution in [3.8, 4) is 11.1 Å². The van der Waals surface area contributed by atoms with Crippen molar-refractivity contribution in [1.82, 2.24) is 10.2 Å². The predicted octanol–water partition coefficient (Wildman–Crippen LogP) is 4.41. The number of rotatable bonds is 7. The van der Waals surface area contributed by atoms with Crippen LogP contribution in [0.4, 0.5) is 4.79 Å². The summed E-state index contributed by atoms with van der Waals surface area (Å²) in [6, 6.07) is 15.3. The van der Waals surface area contributed by atoms with Gasteiger partial charge in [0, 0.05) is 13.0 Å². The molecule has 0 bridgehead atoms. The lowest BCUT2D eigenvalue weighted by Gasteiger charge is -2.37. The average molecular weight is 465 g/mol. The van der Waals surface area contributed by atoms with E-state index >= 15 is 0 Å². The number of likely N-dealkylation sites (N-methyl/N-ethyl adjacent to an activating group) is 1. The second kappa shape index (κ2) is 9.49. The number of nitrogens with one attached hydrogen (secondary N) is 1. The molecular formula is C27H32N2O5. The molecule has 0 aromatic heterocycles. The highest BCUT2D eigenvalue weighted by Gasteiger charge is 2.48. The van der Waals surface area contributed by atoms with Gasteiger partial charge >= 0.3 is 12.1 Å². The van der Waals surface area contributed by atoms with Gasteiger partial charge in [-0.05, 0) is 41.0 Å². The highest BCUT2D eigenvalue weighted by Crippen LogP contribution is 2.44. The first kappa shape index (κ1) is 23.8. The zero-order valence-corrected chi connectivity index (χ0v) is 19.9. The summed E-state index contributed by atoms with van der Waals surface area (Å²) >= 11 is 0. The summed E-state index contributed by atoms with van der Waals surface area (Å²) in [6.07, 6.45) is 1.67. The molecule has 0 heterocycles. The van der Waals surface area contributed by atoms with Crippen molar-refractivity contribution >= 4 is 18.0 Å². The van der Waals surface area contributed by atoms with Gasteiger partial charge in [0.15, 0.2) is 0 Å². The maximum atomic E-state index is 13.3. The van der Waals surface area contributed by atoms with Crippen molar-refractivity contribution in [2.45, 2.75) is 57.0 Å². The topological polar surface area (TPSA) is 95.9 Å². The fourth-order valence-corrected chi connectivity index (χ4v) is 5.35. The molecule has 180 valence electrons. The lowest BCUT2D eigenvalue weighted by Crippen LogP contribution is -2.59. The summed E-state index contributed by atoms with van der Waals surface area (Å²) in [7, 11) is 1.52. The summed E-state index contributed by atoms with van der Waals surface area (Å²) in [5, 5.41) is 12.5. The molecule has 2 N–H and O–H groups in total. The number of alkyl carbamates (subject to hydrolysis) is 1. The van der Waals surface area contributed by atoms with Gasteiger partial charge in [0.1, 0.15) is 18.2 Å². The molecule has 0 radical (unpaired) electrons. The normalized spacial score (nSPS) is 17.1. The maximum absolute atomic E-state index is 13.3. The highest BCUT2D eigenvalue weighted by molar-refractivity contribution is 5.91. The Hall–Kier alpha value is -3.35. The molecule has 2 aliphatic carbocycles. The van der Waals surface area contributed by atoms with Crippen molar-refractivity contribution in [2.24, 2.45) is 5.92 Å². The third kappa shape index (κ3) is 4.15. The molecule has 4 rings (SSSR count). The number of hydrogen-bond acceptors (Lipinski definition) is 4. The average Bonchev–Trinajstić information content (AvgIpc) is 3.44. The number of carboxylic acids is 1. The first-order chi connectivity index (χ1) is 16.3. The van der Waals surface area contributed by atoms with Gasteiger partial charge in [-0.15, -0.1) is 0 Å². The van der Waals surface area contributed by atoms with Gasteiger partial charge < -0.3 is 20.1 Å². The Balaban J connectivity index is 1.45. The van der Waals surface area contributed by atoms with E-state index in [-0.39, 0.29) is 18.4 Å². The minimum Gasteiger partial charge on any atom is -0.479 e. The largest absolute Gasteiger partial charge is 0.479 e. The summed E-state index contributed by atoms with van der Waals surface area (Å²) < 4.78 is 5.61. The summed E-state index contributed by atoms with van der Waals surface area (Å²) in [6.45, 7) is 3.79. The molecule has 2 amide bonds. The van der Waals surface area contributed by atoms with E-state index in [4.69, 9.17) is 4.74 Å². The third-order valence-corrected chi connectivity index (χ3v) is 7.35. The van der Waals surface area contributed by atoms with Gasteiger partial charge in [-0.2, -0.15) is 0 Å². The van der Waals surface area contributed by atoms with Crippen molar-refractivity contribution in [2.75, 3.05) is 13.7 Å². The quantitative estimate of drug-likeness (QED) is 0.633. The van der Waals surface area contributed by atoms with E-state index in [9.17, 15) is 19.5 Å². The molecule has 1 fully saturated rings. The molecule has 0 spiro atoms. The van der Waals surface area contributed by atoms with Crippen molar-refractivity contribution < 1.29 is 24.2 Å². The molecule has 2 aliphatic rings. The number of fused-ring (bicyclic) bond motifs is 3. The van der Waals surface area contributed by atoms with Gasteiger partial charge in [-0.25, -0.2) is 9.59 Å². The molecule has 7 nitrogen and oxygen atoms in total. The van der Waals surface area contributed by atoms with Crippen LogP contribution in [0.5, 0.6) is 0 Å². The standard InChI is InChI=1S/C27H32N2O5/c1-17(2)23(24(30)29(3)27(25(31)32)14-8-9-15-27)28-26(33)34-16-22-20-12-6-4-10-18(20)19-11-5-7-13-21(19)22/h4-7,10-13,17,22-23H,8-9,14-16H2,1-3H3,(H,28,33)(H,31,32)/t23-/m0/s1. The van der Waals surface area contributed by atoms with Gasteiger partial charge in [0.2, 0.25) is 5.91 Å². The lowest BCUT2D eigenvalue weighted by molar-refractivity contribution is -0.158. The Kier molecular flexibility index (Phi) is 6.64. The predicted molar refractivity (Wildman–Crippen MR) is 128 cm³/mol. The van der Waals surface area contributed by atoms with E-state index in [1.54, 1.807) is 0 Å². The van der Waals surface area contributed by atoms with E-state index in [0.717, 1.165) is 35.1 Å². The third-order valence-electron chi connectivity index (χ3n) is 7.35. The Morgan fingerprint density at radius 1 is 1.03 bits per heavy atom. The second-order valence-corrected chi connectivity index (χ2v) is 9.63. The van der Waals surface area contributed by atoms with Crippen LogP contribution in [0.3, 0.4) is 0 Å². The second-order valence-electron chi connectivity index (χ2n) is 9.63. The number of ether oxygens (including phenoxy) is 1. The number of carbonyl (C=O) groups excluding carboxylic acids is 2. The molecule has 7 heteroatoms. The van der Waals surface area contributed by atoms with Crippen molar-refractivity contribution in [3.63, 3.8) is 0 Å². The van der Waals surface area contributed by atoms with Crippen molar-refractivity contribution in [3.05, 3.63) is 59.7 Å². The molecule has 0 aliphatic heterocycles. The number of hydrogen-bond donors (Lipinski definition) is 2. The SMILES string of the molecule is CC(C)[C@H](NC(=O)OCC1c2ccccc2-c2ccccc21)C(=O)N(C)C1(C(=O)O)CCCC1. The van der Waals surface area contributed by atoms with E-state index in [1.807, 2.05) is 50.2 Å². The van der Waals surface area contributed by atoms with Crippen LogP contribution in [-0.2, 0) is 14.3 Å². The molecule has 0 unspecified atom stereocenters. The summed E-state index contributed by atoms with van der Waals surface area (Å²) in [5.41, 5.74) is 3.28. The van der Waals surface area contributed by atoms with Crippen LogP contribution in [0.25, 0.3) is 11.1 Å². The minimum absolute atomic E-state index is 0.0807. The van der Waals surface area contributed by atoms with Crippen LogP contribution < -0.4 is 5.32 Å². The smallest absolute Gasteiger partial charge is 0.407 e. The van der Waals surface area contributed by atoms with Crippen LogP contribution in [0.2, 0.25) is 0 Å². The number of carboxylic acid groups (broad SMARTS) is 1. The summed E-state index contributed by atoms with van der Waals surface area (Å²) in [4.78, 5) is 39.4. The number of aliphatic carboxylic acids is 1. The first-order valence-corrected chi connectivity index (χ1v) is 11.9. The van der Waals surface area contributed by atoms with Crippen LogP contribution in [0.15, 0.2) is 48.5 Å². The van der Waals surface area contributed by atoms with Gasteiger partial charge in [0.25, 0.3) is 0 Å².